The third-order valence-electron chi connectivity index (χ3n) is 3.09. The van der Waals surface area contributed by atoms with E-state index in [9.17, 15) is 0 Å². The zero-order valence-corrected chi connectivity index (χ0v) is 14.6. The second kappa shape index (κ2) is 7.46. The second-order valence-electron chi connectivity index (χ2n) is 4.40. The summed E-state index contributed by atoms with van der Waals surface area (Å²) in [5.74, 6) is 0.871. The number of nitrogens with one attached hydrogen (secondary N) is 1. The lowest BCUT2D eigenvalue weighted by Gasteiger charge is -2.18. The first kappa shape index (κ1) is 15.8. The molecule has 0 saturated carbocycles. The fraction of sp³-hybridized carbons (Fsp3) is 0.333. The molecule has 0 radical (unpaired) electrons. The molecular formula is C15H17BrClNOS. The van der Waals surface area contributed by atoms with E-state index in [0.717, 1.165) is 28.2 Å². The fourth-order valence-electron chi connectivity index (χ4n) is 2.11. The summed E-state index contributed by atoms with van der Waals surface area (Å²) in [6, 6.07) is 8.21. The highest BCUT2D eigenvalue weighted by Gasteiger charge is 2.17. The Balaban J connectivity index is 2.26. The lowest BCUT2D eigenvalue weighted by atomic mass is 10.0. The third-order valence-corrected chi connectivity index (χ3v) is 5.33. The van der Waals surface area contributed by atoms with Crippen LogP contribution in [0.25, 0.3) is 0 Å². The van der Waals surface area contributed by atoms with Crippen molar-refractivity contribution in [2.45, 2.75) is 19.4 Å². The summed E-state index contributed by atoms with van der Waals surface area (Å²) in [6.45, 7) is 3.01. The van der Waals surface area contributed by atoms with E-state index in [1.165, 1.54) is 10.4 Å². The minimum absolute atomic E-state index is 0.218. The van der Waals surface area contributed by atoms with Crippen molar-refractivity contribution in [3.8, 4) is 5.75 Å². The normalized spacial score (nSPS) is 12.4. The molecule has 1 heterocycles. The average Bonchev–Trinajstić information content (AvgIpc) is 2.86. The van der Waals surface area contributed by atoms with Crippen LogP contribution in [0.5, 0.6) is 5.75 Å². The highest BCUT2D eigenvalue weighted by molar-refractivity contribution is 9.10. The minimum atomic E-state index is 0.218. The highest BCUT2D eigenvalue weighted by atomic mass is 79.9. The number of thiophene rings is 1. The standard InChI is InChI=1S/C15H17BrClNOS/c1-3-18-14(15-13(17)6-7-20-15)9-10-8-11(19-2)4-5-12(10)16/h4-8,14,18H,3,9H2,1-2H3. The van der Waals surface area contributed by atoms with Crippen LogP contribution < -0.4 is 10.1 Å². The maximum atomic E-state index is 6.27. The SMILES string of the molecule is CCNC(Cc1cc(OC)ccc1Br)c1sccc1Cl. The molecule has 1 N–H and O–H groups in total. The van der Waals surface area contributed by atoms with Crippen LogP contribution in [0.4, 0.5) is 0 Å². The number of benzene rings is 1. The Kier molecular flexibility index (Phi) is 5.90. The lowest BCUT2D eigenvalue weighted by molar-refractivity contribution is 0.413. The van der Waals surface area contributed by atoms with Gasteiger partial charge in [0.2, 0.25) is 0 Å². The molecule has 0 spiro atoms. The predicted octanol–water partition coefficient (Wildman–Crippen LogP) is 5.07. The first-order chi connectivity index (χ1) is 9.65. The van der Waals surface area contributed by atoms with Crippen molar-refractivity contribution in [3.05, 3.63) is 49.6 Å². The number of likely N-dealkylation sites (N-methyl/N-ethyl adjacent to an activating group) is 1. The zero-order chi connectivity index (χ0) is 14.5. The fourth-order valence-corrected chi connectivity index (χ4v) is 3.79. The first-order valence-electron chi connectivity index (χ1n) is 6.44. The molecule has 108 valence electrons. The van der Waals surface area contributed by atoms with Gasteiger partial charge in [-0.2, -0.15) is 0 Å². The van der Waals surface area contributed by atoms with Crippen molar-refractivity contribution >= 4 is 38.9 Å². The largest absolute Gasteiger partial charge is 0.497 e. The molecule has 0 aliphatic rings. The highest BCUT2D eigenvalue weighted by Crippen LogP contribution is 2.33. The number of hydrogen-bond donors (Lipinski definition) is 1. The summed E-state index contributed by atoms with van der Waals surface area (Å²) in [5, 5.41) is 6.37. The molecule has 5 heteroatoms. The van der Waals surface area contributed by atoms with E-state index in [0.29, 0.717) is 0 Å². The smallest absolute Gasteiger partial charge is 0.119 e. The monoisotopic (exact) mass is 373 g/mol. The van der Waals surface area contributed by atoms with Crippen LogP contribution in [0.1, 0.15) is 23.4 Å². The molecule has 2 nitrogen and oxygen atoms in total. The van der Waals surface area contributed by atoms with Crippen LogP contribution >= 0.6 is 38.9 Å². The maximum Gasteiger partial charge on any atom is 0.119 e. The summed E-state index contributed by atoms with van der Waals surface area (Å²) in [5.41, 5.74) is 1.21. The Morgan fingerprint density at radius 2 is 2.20 bits per heavy atom. The van der Waals surface area contributed by atoms with Gasteiger partial charge < -0.3 is 10.1 Å². The predicted molar refractivity (Wildman–Crippen MR) is 90.1 cm³/mol. The molecule has 0 bridgehead atoms. The number of rotatable bonds is 6. The molecule has 1 unspecified atom stereocenters. The molecule has 0 saturated heterocycles. The van der Waals surface area contributed by atoms with Gasteiger partial charge in [-0.3, -0.25) is 0 Å². The Hall–Kier alpha value is -0.550. The van der Waals surface area contributed by atoms with E-state index < -0.39 is 0 Å². The van der Waals surface area contributed by atoms with Gasteiger partial charge in [-0.1, -0.05) is 34.5 Å². The van der Waals surface area contributed by atoms with Crippen molar-refractivity contribution in [3.63, 3.8) is 0 Å². The van der Waals surface area contributed by atoms with Crippen LogP contribution in [-0.2, 0) is 6.42 Å². The van der Waals surface area contributed by atoms with Crippen LogP contribution in [0, 0.1) is 0 Å². The van der Waals surface area contributed by atoms with Crippen LogP contribution in [0.15, 0.2) is 34.1 Å². The van der Waals surface area contributed by atoms with Crippen molar-refractivity contribution < 1.29 is 4.74 Å². The molecule has 2 aromatic rings. The quantitative estimate of drug-likeness (QED) is 0.762. The van der Waals surface area contributed by atoms with Gasteiger partial charge >= 0.3 is 0 Å². The molecule has 0 aliphatic heterocycles. The molecule has 20 heavy (non-hydrogen) atoms. The van der Waals surface area contributed by atoms with Gasteiger partial charge in [0.25, 0.3) is 0 Å². The Labute approximate surface area is 137 Å². The van der Waals surface area contributed by atoms with Crippen molar-refractivity contribution in [1.82, 2.24) is 5.32 Å². The molecule has 1 aromatic heterocycles. The summed E-state index contributed by atoms with van der Waals surface area (Å²) in [4.78, 5) is 1.18. The molecular weight excluding hydrogens is 358 g/mol. The van der Waals surface area contributed by atoms with Crippen LogP contribution in [0.2, 0.25) is 5.02 Å². The molecule has 1 aromatic carbocycles. The van der Waals surface area contributed by atoms with E-state index in [2.05, 4.69) is 34.2 Å². The zero-order valence-electron chi connectivity index (χ0n) is 11.5. The number of methoxy groups -OCH3 is 1. The minimum Gasteiger partial charge on any atom is -0.497 e. The molecule has 2 rings (SSSR count). The third kappa shape index (κ3) is 3.76. The van der Waals surface area contributed by atoms with Crippen molar-refractivity contribution in [1.29, 1.82) is 0 Å². The number of ether oxygens (including phenoxy) is 1. The second-order valence-corrected chi connectivity index (χ2v) is 6.61. The van der Waals surface area contributed by atoms with Gasteiger partial charge in [0.1, 0.15) is 5.75 Å². The summed E-state index contributed by atoms with van der Waals surface area (Å²) in [6.07, 6.45) is 0.867. The van der Waals surface area contributed by atoms with Crippen molar-refractivity contribution in [2.75, 3.05) is 13.7 Å². The Bertz CT molecular complexity index is 573. The maximum absolute atomic E-state index is 6.27. The van der Waals surface area contributed by atoms with Gasteiger partial charge in [0.15, 0.2) is 0 Å². The van der Waals surface area contributed by atoms with E-state index in [-0.39, 0.29) is 6.04 Å². The van der Waals surface area contributed by atoms with Gasteiger partial charge in [0, 0.05) is 15.4 Å². The summed E-state index contributed by atoms with van der Waals surface area (Å²) < 4.78 is 6.39. The molecule has 0 amide bonds. The summed E-state index contributed by atoms with van der Waals surface area (Å²) >= 11 is 11.6. The molecule has 1 atom stereocenters. The van der Waals surface area contributed by atoms with Crippen molar-refractivity contribution in [2.24, 2.45) is 0 Å². The van der Waals surface area contributed by atoms with Gasteiger partial charge in [0.05, 0.1) is 12.1 Å². The van der Waals surface area contributed by atoms with Gasteiger partial charge in [-0.15, -0.1) is 11.3 Å². The first-order valence-corrected chi connectivity index (χ1v) is 8.49. The Morgan fingerprint density at radius 3 is 2.80 bits per heavy atom. The Morgan fingerprint density at radius 1 is 1.40 bits per heavy atom. The summed E-state index contributed by atoms with van der Waals surface area (Å²) in [7, 11) is 1.69. The van der Waals surface area contributed by atoms with E-state index in [1.54, 1.807) is 18.4 Å². The van der Waals surface area contributed by atoms with E-state index in [1.807, 2.05) is 23.6 Å². The van der Waals surface area contributed by atoms with Crippen LogP contribution in [-0.4, -0.2) is 13.7 Å². The lowest BCUT2D eigenvalue weighted by Crippen LogP contribution is -2.22. The van der Waals surface area contributed by atoms with Crippen LogP contribution in [0.3, 0.4) is 0 Å². The van der Waals surface area contributed by atoms with Gasteiger partial charge in [-0.05, 0) is 48.2 Å². The average molecular weight is 375 g/mol. The molecule has 0 fully saturated rings. The topological polar surface area (TPSA) is 21.3 Å². The van der Waals surface area contributed by atoms with E-state index in [4.69, 9.17) is 16.3 Å². The number of hydrogen-bond acceptors (Lipinski definition) is 3. The van der Waals surface area contributed by atoms with Gasteiger partial charge in [-0.25, -0.2) is 0 Å². The number of halogens is 2. The molecule has 0 aliphatic carbocycles. The van der Waals surface area contributed by atoms with E-state index >= 15 is 0 Å².